The monoisotopic (exact) mass is 388 g/mol. The first-order valence-corrected chi connectivity index (χ1v) is 1.74. The van der Waals surface area contributed by atoms with Crippen LogP contribution in [0.4, 0.5) is 4.79 Å². The third-order valence-corrected chi connectivity index (χ3v) is 0.1000. The fraction of sp³-hybridized carbons (Fsp3) is 0.667. The molecule has 0 atom stereocenters. The van der Waals surface area contributed by atoms with E-state index in [1.807, 2.05) is 0 Å². The van der Waals surface area contributed by atoms with Crippen molar-refractivity contribution in [2.24, 2.45) is 0 Å². The van der Waals surface area contributed by atoms with Crippen molar-refractivity contribution in [1.29, 1.82) is 0 Å². The Labute approximate surface area is 176 Å². The largest absolute Gasteiger partial charge is 1.00 e. The molecule has 0 saturated heterocycles. The molecule has 0 unspecified atom stereocenters. The molecule has 7 heteroatoms. The minimum atomic E-state index is -2.33. The molecule has 0 amide bonds. The SMILES string of the molecule is O=C([O-])[O-].OCCO.[Cs+].[Cs+]. The molecular weight excluding hydrogens is 382 g/mol. The third-order valence-electron chi connectivity index (χ3n) is 0.1000. The number of carbonyl (C=O) groups is 1. The molecule has 0 aromatic carbocycles. The van der Waals surface area contributed by atoms with E-state index in [1.165, 1.54) is 0 Å². The van der Waals surface area contributed by atoms with Gasteiger partial charge in [0.15, 0.2) is 0 Å². The normalized spacial score (nSPS) is 5.40. The van der Waals surface area contributed by atoms with Crippen molar-refractivity contribution in [3.8, 4) is 0 Å². The molecule has 5 nitrogen and oxygen atoms in total. The van der Waals surface area contributed by atoms with Crippen LogP contribution in [0.15, 0.2) is 0 Å². The molecule has 0 aromatic heterocycles. The summed E-state index contributed by atoms with van der Waals surface area (Å²) in [6, 6.07) is 0. The summed E-state index contributed by atoms with van der Waals surface area (Å²) in [6.07, 6.45) is -2.33. The Morgan fingerprint density at radius 1 is 1.10 bits per heavy atom. The Morgan fingerprint density at radius 2 is 1.20 bits per heavy atom. The number of rotatable bonds is 1. The molecule has 0 spiro atoms. The zero-order chi connectivity index (χ0) is 6.99. The fourth-order valence-electron chi connectivity index (χ4n) is 0. The van der Waals surface area contributed by atoms with Gasteiger partial charge in [-0.25, -0.2) is 0 Å². The van der Waals surface area contributed by atoms with Gasteiger partial charge in [-0.1, -0.05) is 0 Å². The zero-order valence-electron chi connectivity index (χ0n) is 6.03. The molecule has 0 heterocycles. The molecule has 0 aromatic rings. The van der Waals surface area contributed by atoms with E-state index in [0.717, 1.165) is 0 Å². The van der Waals surface area contributed by atoms with Crippen molar-refractivity contribution in [3.05, 3.63) is 0 Å². The average Bonchev–Trinajstić information content (AvgIpc) is 1.65. The second-order valence-electron chi connectivity index (χ2n) is 0.697. The van der Waals surface area contributed by atoms with Crippen LogP contribution in [-0.4, -0.2) is 29.6 Å². The van der Waals surface area contributed by atoms with Gasteiger partial charge in [0.05, 0.1) is 13.2 Å². The Bertz CT molecular complexity index is 52.9. The van der Waals surface area contributed by atoms with Crippen LogP contribution in [0.2, 0.25) is 0 Å². The van der Waals surface area contributed by atoms with E-state index in [4.69, 9.17) is 25.2 Å². The van der Waals surface area contributed by atoms with Crippen molar-refractivity contribution in [2.75, 3.05) is 13.2 Å². The van der Waals surface area contributed by atoms with Crippen LogP contribution in [0.5, 0.6) is 0 Å². The van der Waals surface area contributed by atoms with Crippen LogP contribution >= 0.6 is 0 Å². The molecule has 50 valence electrons. The third kappa shape index (κ3) is 64.9. The molecule has 0 fully saturated rings. The Hall–Kier alpha value is 3.29. The maximum Gasteiger partial charge on any atom is 1.00 e. The number of carbonyl (C=O) groups excluding carboxylic acids is 1. The van der Waals surface area contributed by atoms with E-state index < -0.39 is 6.16 Å². The molecule has 0 aliphatic carbocycles. The van der Waals surface area contributed by atoms with E-state index in [9.17, 15) is 0 Å². The van der Waals surface area contributed by atoms with Gasteiger partial charge in [-0.2, -0.15) is 0 Å². The van der Waals surface area contributed by atoms with Crippen LogP contribution in [0.1, 0.15) is 0 Å². The molecule has 2 N–H and O–H groups in total. The summed E-state index contributed by atoms with van der Waals surface area (Å²) in [5.41, 5.74) is 0. The van der Waals surface area contributed by atoms with Crippen LogP contribution in [0, 0.1) is 0 Å². The summed E-state index contributed by atoms with van der Waals surface area (Å²) >= 11 is 0. The first-order valence-electron chi connectivity index (χ1n) is 1.74. The molecule has 0 saturated carbocycles. The van der Waals surface area contributed by atoms with E-state index >= 15 is 0 Å². The second kappa shape index (κ2) is 22.8. The molecule has 10 heavy (non-hydrogen) atoms. The molecular formula is C3H6Cs2O5. The van der Waals surface area contributed by atoms with Crippen LogP contribution in [0.25, 0.3) is 0 Å². The summed E-state index contributed by atoms with van der Waals surface area (Å²) in [7, 11) is 0. The van der Waals surface area contributed by atoms with Crippen molar-refractivity contribution in [2.45, 2.75) is 0 Å². The molecule has 0 aliphatic heterocycles. The van der Waals surface area contributed by atoms with Gasteiger partial charge in [0.25, 0.3) is 0 Å². The minimum Gasteiger partial charge on any atom is -0.652 e. The number of hydrogen-bond donors (Lipinski definition) is 2. The topological polar surface area (TPSA) is 104 Å². The predicted molar refractivity (Wildman–Crippen MR) is 19.6 cm³/mol. The van der Waals surface area contributed by atoms with Gasteiger partial charge in [0, 0.05) is 0 Å². The van der Waals surface area contributed by atoms with E-state index in [2.05, 4.69) is 0 Å². The first kappa shape index (κ1) is 23.3. The first-order chi connectivity index (χ1) is 3.65. The van der Waals surface area contributed by atoms with Crippen molar-refractivity contribution >= 4 is 6.16 Å². The summed E-state index contributed by atoms with van der Waals surface area (Å²) in [5.74, 6) is 0. The van der Waals surface area contributed by atoms with Crippen molar-refractivity contribution < 1.29 is 163 Å². The van der Waals surface area contributed by atoms with E-state index in [0.29, 0.717) is 0 Å². The molecule has 0 rings (SSSR count). The second-order valence-corrected chi connectivity index (χ2v) is 0.697. The maximum absolute atomic E-state index is 8.33. The van der Waals surface area contributed by atoms with Crippen molar-refractivity contribution in [3.63, 3.8) is 0 Å². The number of aliphatic hydroxyl groups excluding tert-OH is 2. The van der Waals surface area contributed by atoms with Crippen LogP contribution < -0.4 is 148 Å². The number of carboxylic acid groups (broad SMARTS) is 2. The number of hydrogen-bond acceptors (Lipinski definition) is 5. The standard InChI is InChI=1S/C2H6O2.CH2O3.2Cs/c3-1-2-4;2-1(3)4;;/h3-4H,1-2H2;(H2,2,3,4);;/q;;2*+1/p-2. The summed E-state index contributed by atoms with van der Waals surface area (Å²) in [5, 5.41) is 31.9. The Kier molecular flexibility index (Phi) is 53.0. The van der Waals surface area contributed by atoms with Gasteiger partial charge in [-0.3, -0.25) is 0 Å². The summed E-state index contributed by atoms with van der Waals surface area (Å²) in [6.45, 7) is -0.250. The average molecular weight is 388 g/mol. The number of aliphatic hydroxyl groups is 2. The van der Waals surface area contributed by atoms with E-state index in [-0.39, 0.29) is 151 Å². The Balaban J connectivity index is -0.0000000300. The quantitative estimate of drug-likeness (QED) is 0.465. The molecule has 0 bridgehead atoms. The van der Waals surface area contributed by atoms with Gasteiger partial charge in [-0.05, 0) is 6.16 Å². The minimum absolute atomic E-state index is 0. The van der Waals surface area contributed by atoms with Crippen molar-refractivity contribution in [1.82, 2.24) is 0 Å². The van der Waals surface area contributed by atoms with Gasteiger partial charge in [0.1, 0.15) is 0 Å². The summed E-state index contributed by atoms with van der Waals surface area (Å²) < 4.78 is 0. The van der Waals surface area contributed by atoms with Crippen LogP contribution in [-0.2, 0) is 0 Å². The predicted octanol–water partition coefficient (Wildman–Crippen LogP) is -9.47. The Morgan fingerprint density at radius 3 is 1.20 bits per heavy atom. The molecule has 0 radical (unpaired) electrons. The van der Waals surface area contributed by atoms with Gasteiger partial charge in [-0.15, -0.1) is 0 Å². The zero-order valence-corrected chi connectivity index (χ0v) is 18.6. The maximum atomic E-state index is 8.33. The van der Waals surface area contributed by atoms with Crippen LogP contribution in [0.3, 0.4) is 0 Å². The van der Waals surface area contributed by atoms with Gasteiger partial charge in [0.2, 0.25) is 0 Å². The summed E-state index contributed by atoms with van der Waals surface area (Å²) in [4.78, 5) is 8.33. The molecule has 0 aliphatic rings. The van der Waals surface area contributed by atoms with E-state index in [1.54, 1.807) is 0 Å². The fourth-order valence-corrected chi connectivity index (χ4v) is 0. The van der Waals surface area contributed by atoms with Gasteiger partial charge < -0.3 is 25.2 Å². The smallest absolute Gasteiger partial charge is 0.652 e. The van der Waals surface area contributed by atoms with Gasteiger partial charge >= 0.3 is 138 Å².